The Morgan fingerprint density at radius 3 is 2.41 bits per heavy atom. The number of aryl methyl sites for hydroxylation is 2. The molecule has 1 N–H and O–H groups in total. The zero-order valence-corrected chi connectivity index (χ0v) is 15.9. The molecule has 3 heterocycles. The standard InChI is InChI=1S/C21H26N4O2/c1-15-8-9-23(2)20(26)19(15)22-21(27)25-13-17-11-24(12-18(17)14-25)10-16-6-4-3-5-7-16/h3-9,17-18H,10-14H2,1-2H3,(H,22,27)/t17-,18+. The zero-order chi connectivity index (χ0) is 19.0. The molecule has 4 rings (SSSR count). The number of likely N-dealkylation sites (tertiary alicyclic amines) is 2. The van der Waals surface area contributed by atoms with Crippen molar-refractivity contribution in [3.05, 3.63) is 64.1 Å². The molecule has 1 aromatic carbocycles. The first-order chi connectivity index (χ1) is 13.0. The first-order valence-corrected chi connectivity index (χ1v) is 9.49. The number of anilines is 1. The molecule has 2 atom stereocenters. The van der Waals surface area contributed by atoms with Crippen molar-refractivity contribution in [1.29, 1.82) is 0 Å². The Kier molecular flexibility index (Phi) is 4.74. The second kappa shape index (κ2) is 7.19. The van der Waals surface area contributed by atoms with Gasteiger partial charge < -0.3 is 14.8 Å². The summed E-state index contributed by atoms with van der Waals surface area (Å²) in [6, 6.07) is 12.2. The molecule has 0 radical (unpaired) electrons. The van der Waals surface area contributed by atoms with Crippen LogP contribution in [0.1, 0.15) is 11.1 Å². The third-order valence-corrected chi connectivity index (χ3v) is 5.81. The number of aromatic nitrogens is 1. The number of urea groups is 1. The summed E-state index contributed by atoms with van der Waals surface area (Å²) in [5.41, 5.74) is 2.34. The SMILES string of the molecule is Cc1ccn(C)c(=O)c1NC(=O)N1C[C@H]2CN(Cc3ccccc3)C[C@H]2C1. The number of rotatable bonds is 3. The van der Waals surface area contributed by atoms with Crippen LogP contribution in [0.25, 0.3) is 0 Å². The fourth-order valence-electron chi connectivity index (χ4n) is 4.28. The van der Waals surface area contributed by atoms with E-state index in [1.807, 2.05) is 24.0 Å². The van der Waals surface area contributed by atoms with Crippen molar-refractivity contribution in [3.63, 3.8) is 0 Å². The Hall–Kier alpha value is -2.60. The van der Waals surface area contributed by atoms with Crippen LogP contribution >= 0.6 is 0 Å². The summed E-state index contributed by atoms with van der Waals surface area (Å²) < 4.78 is 1.49. The number of amides is 2. The summed E-state index contributed by atoms with van der Waals surface area (Å²) in [6.45, 7) is 6.38. The molecule has 0 saturated carbocycles. The van der Waals surface area contributed by atoms with Crippen LogP contribution in [0.5, 0.6) is 0 Å². The number of carbonyl (C=O) groups excluding carboxylic acids is 1. The molecule has 2 amide bonds. The lowest BCUT2D eigenvalue weighted by atomic mass is 10.0. The Bertz CT molecular complexity index is 879. The van der Waals surface area contributed by atoms with Crippen molar-refractivity contribution >= 4 is 11.7 Å². The predicted octanol–water partition coefficient (Wildman–Crippen LogP) is 2.29. The molecule has 27 heavy (non-hydrogen) atoms. The van der Waals surface area contributed by atoms with E-state index in [0.29, 0.717) is 17.5 Å². The highest BCUT2D eigenvalue weighted by Crippen LogP contribution is 2.32. The number of benzene rings is 1. The molecule has 2 aliphatic heterocycles. The van der Waals surface area contributed by atoms with Gasteiger partial charge in [-0.2, -0.15) is 0 Å². The Balaban J connectivity index is 1.36. The van der Waals surface area contributed by atoms with Gasteiger partial charge in [-0.1, -0.05) is 30.3 Å². The summed E-state index contributed by atoms with van der Waals surface area (Å²) in [6.07, 6.45) is 1.72. The van der Waals surface area contributed by atoms with Crippen LogP contribution in [0, 0.1) is 18.8 Å². The van der Waals surface area contributed by atoms with Crippen molar-refractivity contribution in [2.45, 2.75) is 13.5 Å². The summed E-state index contributed by atoms with van der Waals surface area (Å²) >= 11 is 0. The summed E-state index contributed by atoms with van der Waals surface area (Å²) in [4.78, 5) is 29.3. The summed E-state index contributed by atoms with van der Waals surface area (Å²) in [5.74, 6) is 1.03. The molecule has 0 bridgehead atoms. The van der Waals surface area contributed by atoms with Crippen LogP contribution in [0.2, 0.25) is 0 Å². The number of hydrogen-bond donors (Lipinski definition) is 1. The van der Waals surface area contributed by atoms with E-state index in [-0.39, 0.29) is 11.6 Å². The lowest BCUT2D eigenvalue weighted by Gasteiger charge is -2.22. The molecular formula is C21H26N4O2. The van der Waals surface area contributed by atoms with Gasteiger partial charge in [-0.05, 0) is 36.0 Å². The maximum Gasteiger partial charge on any atom is 0.322 e. The van der Waals surface area contributed by atoms with Gasteiger partial charge in [0.15, 0.2) is 0 Å². The molecule has 2 fully saturated rings. The van der Waals surface area contributed by atoms with E-state index in [1.165, 1.54) is 10.1 Å². The van der Waals surface area contributed by atoms with Crippen LogP contribution in [-0.4, -0.2) is 46.6 Å². The van der Waals surface area contributed by atoms with E-state index < -0.39 is 0 Å². The minimum absolute atomic E-state index is 0.162. The molecular weight excluding hydrogens is 340 g/mol. The zero-order valence-electron chi connectivity index (χ0n) is 15.9. The lowest BCUT2D eigenvalue weighted by Crippen LogP contribution is -2.38. The first-order valence-electron chi connectivity index (χ1n) is 9.49. The minimum Gasteiger partial charge on any atom is -0.324 e. The van der Waals surface area contributed by atoms with Crippen LogP contribution in [0.4, 0.5) is 10.5 Å². The van der Waals surface area contributed by atoms with Gasteiger partial charge in [-0.3, -0.25) is 9.69 Å². The van der Waals surface area contributed by atoms with Gasteiger partial charge in [0.2, 0.25) is 0 Å². The van der Waals surface area contributed by atoms with Crippen molar-refractivity contribution < 1.29 is 4.79 Å². The van der Waals surface area contributed by atoms with Gasteiger partial charge in [0.1, 0.15) is 5.69 Å². The monoisotopic (exact) mass is 366 g/mol. The van der Waals surface area contributed by atoms with Crippen molar-refractivity contribution in [1.82, 2.24) is 14.4 Å². The molecule has 0 unspecified atom stereocenters. The first kappa shape index (κ1) is 17.8. The van der Waals surface area contributed by atoms with Crippen LogP contribution in [-0.2, 0) is 13.6 Å². The van der Waals surface area contributed by atoms with Gasteiger partial charge in [-0.25, -0.2) is 4.79 Å². The number of nitrogens with zero attached hydrogens (tertiary/aromatic N) is 3. The second-order valence-corrected chi connectivity index (χ2v) is 7.82. The van der Waals surface area contributed by atoms with Crippen molar-refractivity contribution in [3.8, 4) is 0 Å². The van der Waals surface area contributed by atoms with E-state index in [0.717, 1.165) is 38.3 Å². The Labute approximate surface area is 159 Å². The molecule has 6 heteroatoms. The smallest absolute Gasteiger partial charge is 0.322 e. The minimum atomic E-state index is -0.170. The summed E-state index contributed by atoms with van der Waals surface area (Å²) in [5, 5.41) is 2.84. The fourth-order valence-corrected chi connectivity index (χ4v) is 4.28. The Morgan fingerprint density at radius 2 is 1.74 bits per heavy atom. The van der Waals surface area contributed by atoms with Gasteiger partial charge in [0, 0.05) is 46.0 Å². The van der Waals surface area contributed by atoms with Crippen molar-refractivity contribution in [2.24, 2.45) is 18.9 Å². The number of pyridine rings is 1. The van der Waals surface area contributed by atoms with Crippen molar-refractivity contribution in [2.75, 3.05) is 31.5 Å². The highest BCUT2D eigenvalue weighted by molar-refractivity contribution is 5.90. The van der Waals surface area contributed by atoms with Crippen LogP contribution in [0.15, 0.2) is 47.4 Å². The topological polar surface area (TPSA) is 57.6 Å². The van der Waals surface area contributed by atoms with E-state index >= 15 is 0 Å². The van der Waals surface area contributed by atoms with E-state index in [2.05, 4.69) is 34.5 Å². The molecule has 6 nitrogen and oxygen atoms in total. The molecule has 2 aromatic rings. The molecule has 2 saturated heterocycles. The van der Waals surface area contributed by atoms with Gasteiger partial charge >= 0.3 is 6.03 Å². The maximum absolute atomic E-state index is 12.7. The van der Waals surface area contributed by atoms with Gasteiger partial charge in [-0.15, -0.1) is 0 Å². The van der Waals surface area contributed by atoms with Crippen LogP contribution in [0.3, 0.4) is 0 Å². The normalized spacial score (nSPS) is 22.1. The largest absolute Gasteiger partial charge is 0.324 e. The number of nitrogens with one attached hydrogen (secondary N) is 1. The number of hydrogen-bond acceptors (Lipinski definition) is 3. The highest BCUT2D eigenvalue weighted by Gasteiger charge is 2.41. The molecule has 0 aliphatic carbocycles. The van der Waals surface area contributed by atoms with E-state index in [1.54, 1.807) is 13.2 Å². The lowest BCUT2D eigenvalue weighted by molar-refractivity contribution is 0.212. The van der Waals surface area contributed by atoms with Gasteiger partial charge in [0.25, 0.3) is 5.56 Å². The molecule has 2 aliphatic rings. The third-order valence-electron chi connectivity index (χ3n) is 5.81. The Morgan fingerprint density at radius 1 is 1.07 bits per heavy atom. The third kappa shape index (κ3) is 3.62. The van der Waals surface area contributed by atoms with Crippen LogP contribution < -0.4 is 10.9 Å². The molecule has 0 spiro atoms. The number of fused-ring (bicyclic) bond motifs is 1. The number of carbonyl (C=O) groups is 1. The fraction of sp³-hybridized carbons (Fsp3) is 0.429. The quantitative estimate of drug-likeness (QED) is 0.907. The van der Waals surface area contributed by atoms with E-state index in [9.17, 15) is 9.59 Å². The highest BCUT2D eigenvalue weighted by atomic mass is 16.2. The summed E-state index contributed by atoms with van der Waals surface area (Å²) in [7, 11) is 1.69. The molecule has 142 valence electrons. The average molecular weight is 366 g/mol. The van der Waals surface area contributed by atoms with Gasteiger partial charge in [0.05, 0.1) is 0 Å². The average Bonchev–Trinajstić information content (AvgIpc) is 3.21. The van der Waals surface area contributed by atoms with E-state index in [4.69, 9.17) is 0 Å². The molecule has 1 aromatic heterocycles. The predicted molar refractivity (Wildman–Crippen MR) is 106 cm³/mol. The second-order valence-electron chi connectivity index (χ2n) is 7.82. The maximum atomic E-state index is 12.7.